The number of nitrogens with one attached hydrogen (secondary N) is 1. The number of nitrogen functional groups attached to an aromatic ring is 1. The summed E-state index contributed by atoms with van der Waals surface area (Å²) in [6, 6.07) is 7.56. The zero-order valence-electron chi connectivity index (χ0n) is 12.3. The van der Waals surface area contributed by atoms with Gasteiger partial charge in [0.05, 0.1) is 17.1 Å². The summed E-state index contributed by atoms with van der Waals surface area (Å²) >= 11 is 0. The second-order valence-electron chi connectivity index (χ2n) is 6.57. The van der Waals surface area contributed by atoms with Crippen molar-refractivity contribution in [1.82, 2.24) is 9.80 Å². The molecule has 0 radical (unpaired) electrons. The van der Waals surface area contributed by atoms with Gasteiger partial charge < -0.3 is 15.5 Å². The van der Waals surface area contributed by atoms with E-state index in [1.54, 1.807) is 11.6 Å². The molecule has 3 aliphatic rings. The lowest BCUT2D eigenvalue weighted by Gasteiger charge is -2.49. The van der Waals surface area contributed by atoms with Crippen LogP contribution in [0.4, 0.5) is 21.5 Å². The molecule has 0 amide bonds. The average Bonchev–Trinajstić information content (AvgIpc) is 2.98. The molecule has 21 heavy (non-hydrogen) atoms. The van der Waals surface area contributed by atoms with Gasteiger partial charge in [-0.15, -0.1) is 4.48 Å². The molecular formula is C15H22FN5. The van der Waals surface area contributed by atoms with E-state index in [-0.39, 0.29) is 0 Å². The van der Waals surface area contributed by atoms with E-state index in [0.717, 1.165) is 30.9 Å². The number of likely N-dealkylation sites (tertiary alicyclic amines) is 2. The van der Waals surface area contributed by atoms with Gasteiger partial charge in [-0.2, -0.15) is 0 Å². The monoisotopic (exact) mass is 291 g/mol. The number of halogens is 1. The third-order valence-electron chi connectivity index (χ3n) is 5.41. The maximum Gasteiger partial charge on any atom is 0.0906 e. The third-order valence-corrected chi connectivity index (χ3v) is 5.41. The SMILES string of the molecule is CN1CC2CC1CN2C1CN(c2cccc(NF)c2N)C1. The van der Waals surface area contributed by atoms with E-state index < -0.39 is 0 Å². The number of likely N-dealkylation sites (N-methyl/N-ethyl adjacent to an activating group) is 1. The minimum absolute atomic E-state index is 0.359. The van der Waals surface area contributed by atoms with Crippen LogP contribution in [0, 0.1) is 0 Å². The molecule has 3 N–H and O–H groups in total. The van der Waals surface area contributed by atoms with Crippen molar-refractivity contribution in [1.29, 1.82) is 0 Å². The minimum atomic E-state index is 0.359. The number of para-hydroxylation sites is 1. The second-order valence-corrected chi connectivity index (χ2v) is 6.57. The molecule has 0 aromatic heterocycles. The molecule has 2 atom stereocenters. The van der Waals surface area contributed by atoms with Crippen LogP contribution in [-0.2, 0) is 0 Å². The maximum atomic E-state index is 12.7. The number of anilines is 3. The molecular weight excluding hydrogens is 269 g/mol. The fourth-order valence-electron chi connectivity index (χ4n) is 4.12. The van der Waals surface area contributed by atoms with Gasteiger partial charge >= 0.3 is 0 Å². The molecule has 2 bridgehead atoms. The lowest BCUT2D eigenvalue weighted by Crippen LogP contribution is -2.63. The van der Waals surface area contributed by atoms with Crippen LogP contribution in [-0.4, -0.2) is 61.2 Å². The number of rotatable bonds is 3. The van der Waals surface area contributed by atoms with E-state index in [4.69, 9.17) is 5.73 Å². The van der Waals surface area contributed by atoms with Gasteiger partial charge in [-0.05, 0) is 25.6 Å². The lowest BCUT2D eigenvalue weighted by molar-refractivity contribution is 0.0911. The van der Waals surface area contributed by atoms with Crippen LogP contribution in [0.5, 0.6) is 0 Å². The number of nitrogens with zero attached hydrogens (tertiary/aromatic N) is 3. The Labute approximate surface area is 124 Å². The van der Waals surface area contributed by atoms with Crippen molar-refractivity contribution in [3.63, 3.8) is 0 Å². The molecule has 0 aliphatic carbocycles. The quantitative estimate of drug-likeness (QED) is 0.646. The number of piperazine rings is 1. The van der Waals surface area contributed by atoms with Gasteiger partial charge in [0.15, 0.2) is 0 Å². The smallest absolute Gasteiger partial charge is 0.0906 e. The van der Waals surface area contributed by atoms with Crippen LogP contribution in [0.25, 0.3) is 0 Å². The third kappa shape index (κ3) is 1.97. The topological polar surface area (TPSA) is 47.8 Å². The van der Waals surface area contributed by atoms with Gasteiger partial charge in [0.1, 0.15) is 0 Å². The molecule has 1 aromatic carbocycles. The summed E-state index contributed by atoms with van der Waals surface area (Å²) in [5, 5.41) is 0. The second kappa shape index (κ2) is 4.74. The Kier molecular flexibility index (Phi) is 2.97. The molecule has 5 nitrogen and oxygen atoms in total. The summed E-state index contributed by atoms with van der Waals surface area (Å²) in [7, 11) is 2.23. The molecule has 4 rings (SSSR count). The van der Waals surface area contributed by atoms with Gasteiger partial charge in [-0.1, -0.05) is 6.07 Å². The first kappa shape index (κ1) is 13.2. The van der Waals surface area contributed by atoms with Gasteiger partial charge in [0.2, 0.25) is 0 Å². The number of benzene rings is 1. The van der Waals surface area contributed by atoms with E-state index in [2.05, 4.69) is 21.7 Å². The first-order chi connectivity index (χ1) is 10.2. The molecule has 6 heteroatoms. The maximum absolute atomic E-state index is 12.7. The van der Waals surface area contributed by atoms with Crippen molar-refractivity contribution >= 4 is 17.1 Å². The zero-order chi connectivity index (χ0) is 14.6. The summed E-state index contributed by atoms with van der Waals surface area (Å²) in [5.41, 5.74) is 9.48. The summed E-state index contributed by atoms with van der Waals surface area (Å²) in [4.78, 5) is 7.39. The van der Waals surface area contributed by atoms with E-state index in [1.807, 2.05) is 12.1 Å². The molecule has 114 valence electrons. The van der Waals surface area contributed by atoms with E-state index in [1.165, 1.54) is 19.5 Å². The van der Waals surface area contributed by atoms with Crippen LogP contribution in [0.3, 0.4) is 0 Å². The summed E-state index contributed by atoms with van der Waals surface area (Å²) in [5.74, 6) is 0. The average molecular weight is 291 g/mol. The Morgan fingerprint density at radius 1 is 1.14 bits per heavy atom. The fraction of sp³-hybridized carbons (Fsp3) is 0.600. The van der Waals surface area contributed by atoms with Crippen molar-refractivity contribution in [2.24, 2.45) is 0 Å². The predicted molar refractivity (Wildman–Crippen MR) is 83.1 cm³/mol. The Bertz CT molecular complexity index is 543. The van der Waals surface area contributed by atoms with Gasteiger partial charge in [-0.25, -0.2) is 5.54 Å². The first-order valence-corrected chi connectivity index (χ1v) is 7.63. The van der Waals surface area contributed by atoms with Gasteiger partial charge in [-0.3, -0.25) is 4.90 Å². The summed E-state index contributed by atoms with van der Waals surface area (Å²) < 4.78 is 12.7. The van der Waals surface area contributed by atoms with E-state index in [9.17, 15) is 4.48 Å². The zero-order valence-corrected chi connectivity index (χ0v) is 12.3. The van der Waals surface area contributed by atoms with Gasteiger partial charge in [0, 0.05) is 44.3 Å². The Morgan fingerprint density at radius 3 is 2.57 bits per heavy atom. The fourth-order valence-corrected chi connectivity index (χ4v) is 4.12. The highest BCUT2D eigenvalue weighted by Crippen LogP contribution is 2.37. The molecule has 3 heterocycles. The highest BCUT2D eigenvalue weighted by Gasteiger charge is 2.47. The first-order valence-electron chi connectivity index (χ1n) is 7.63. The molecule has 3 aliphatic heterocycles. The highest BCUT2D eigenvalue weighted by atomic mass is 19.2. The minimum Gasteiger partial charge on any atom is -0.395 e. The normalized spacial score (nSPS) is 29.9. The Balaban J connectivity index is 1.42. The van der Waals surface area contributed by atoms with Crippen LogP contribution in [0.15, 0.2) is 18.2 Å². The van der Waals surface area contributed by atoms with Crippen molar-refractivity contribution in [2.75, 3.05) is 49.4 Å². The molecule has 0 saturated carbocycles. The van der Waals surface area contributed by atoms with E-state index >= 15 is 0 Å². The Hall–Kier alpha value is -1.53. The predicted octanol–water partition coefficient (Wildman–Crippen LogP) is 1.14. The standard InChI is InChI=1S/C15H22FN5/c1-19-6-11-5-10(19)9-21(11)12-7-20(8-12)14-4-2-3-13(18-16)15(14)17/h2-4,10-12,18H,5-9,17H2,1H3. The number of hydrogen-bond donors (Lipinski definition) is 2. The van der Waals surface area contributed by atoms with Crippen molar-refractivity contribution in [3.8, 4) is 0 Å². The van der Waals surface area contributed by atoms with Crippen LogP contribution < -0.4 is 16.2 Å². The molecule has 2 unspecified atom stereocenters. The highest BCUT2D eigenvalue weighted by molar-refractivity contribution is 5.81. The number of fused-ring (bicyclic) bond motifs is 2. The van der Waals surface area contributed by atoms with Crippen molar-refractivity contribution in [2.45, 2.75) is 24.5 Å². The van der Waals surface area contributed by atoms with Crippen molar-refractivity contribution in [3.05, 3.63) is 18.2 Å². The Morgan fingerprint density at radius 2 is 1.95 bits per heavy atom. The van der Waals surface area contributed by atoms with E-state index in [0.29, 0.717) is 17.4 Å². The van der Waals surface area contributed by atoms with Crippen molar-refractivity contribution < 1.29 is 4.48 Å². The molecule has 3 saturated heterocycles. The van der Waals surface area contributed by atoms with Gasteiger partial charge in [0.25, 0.3) is 0 Å². The lowest BCUT2D eigenvalue weighted by atomic mass is 10.0. The van der Waals surface area contributed by atoms with Crippen LogP contribution in [0.2, 0.25) is 0 Å². The number of hydrogen-bond acceptors (Lipinski definition) is 5. The number of nitrogens with two attached hydrogens (primary N) is 1. The van der Waals surface area contributed by atoms with Crippen LogP contribution >= 0.6 is 0 Å². The largest absolute Gasteiger partial charge is 0.395 e. The molecule has 0 spiro atoms. The van der Waals surface area contributed by atoms with Crippen LogP contribution in [0.1, 0.15) is 6.42 Å². The summed E-state index contributed by atoms with van der Waals surface area (Å²) in [6.45, 7) is 4.38. The molecule has 1 aromatic rings. The molecule has 3 fully saturated rings. The summed E-state index contributed by atoms with van der Waals surface area (Å²) in [6.07, 6.45) is 1.32.